The van der Waals surface area contributed by atoms with Crippen molar-refractivity contribution in [1.29, 1.82) is 0 Å². The van der Waals surface area contributed by atoms with Crippen molar-refractivity contribution in [1.82, 2.24) is 14.5 Å². The lowest BCUT2D eigenvalue weighted by Crippen LogP contribution is -2.05. The zero-order valence-electron chi connectivity index (χ0n) is 23.2. The molecular weight excluding hydrogens is 498 g/mol. The van der Waals surface area contributed by atoms with Crippen LogP contribution >= 0.6 is 0 Å². The van der Waals surface area contributed by atoms with Gasteiger partial charge in [-0.15, -0.1) is 0 Å². The molecule has 0 N–H and O–H groups in total. The standard InChI is InChI=1S/C34H31N3O3/c1-5-9-30-36-31-22(3)18-25(33-35-28-13-8-10-21(2)32(28)40-33)19-29(31)37(30)20-23-14-16-24(17-15-23)26-11-6-7-12-27(26)34(38)39-4/h6-8,10-19H,5,9,20H2,1-4H3. The molecule has 2 aromatic heterocycles. The van der Waals surface area contributed by atoms with Crippen LogP contribution in [0.1, 0.15) is 46.2 Å². The highest BCUT2D eigenvalue weighted by Crippen LogP contribution is 2.32. The average molecular weight is 530 g/mol. The molecule has 6 heteroatoms. The van der Waals surface area contributed by atoms with Crippen molar-refractivity contribution in [2.24, 2.45) is 0 Å². The van der Waals surface area contributed by atoms with Gasteiger partial charge in [-0.25, -0.2) is 14.8 Å². The van der Waals surface area contributed by atoms with Gasteiger partial charge in [0.1, 0.15) is 11.3 Å². The molecule has 0 saturated carbocycles. The zero-order valence-corrected chi connectivity index (χ0v) is 23.2. The predicted octanol–water partition coefficient (Wildman–Crippen LogP) is 7.92. The number of aromatic nitrogens is 3. The highest BCUT2D eigenvalue weighted by molar-refractivity contribution is 5.97. The van der Waals surface area contributed by atoms with E-state index < -0.39 is 0 Å². The molecule has 0 bridgehead atoms. The second-order valence-electron chi connectivity index (χ2n) is 10.2. The molecule has 40 heavy (non-hydrogen) atoms. The van der Waals surface area contributed by atoms with Crippen LogP contribution in [0.2, 0.25) is 0 Å². The maximum absolute atomic E-state index is 12.3. The van der Waals surface area contributed by atoms with Crippen molar-refractivity contribution in [2.45, 2.75) is 40.2 Å². The fraction of sp³-hybridized carbons (Fsp3) is 0.206. The number of esters is 1. The van der Waals surface area contributed by atoms with Crippen molar-refractivity contribution >= 4 is 28.1 Å². The van der Waals surface area contributed by atoms with Crippen LogP contribution in [0, 0.1) is 13.8 Å². The number of nitrogens with zero attached hydrogens (tertiary/aromatic N) is 3. The molecular formula is C34H31N3O3. The zero-order chi connectivity index (χ0) is 27.8. The number of fused-ring (bicyclic) bond motifs is 2. The van der Waals surface area contributed by atoms with Gasteiger partial charge in [-0.05, 0) is 72.4 Å². The molecule has 0 aliphatic carbocycles. The van der Waals surface area contributed by atoms with Crippen LogP contribution in [-0.2, 0) is 17.7 Å². The lowest BCUT2D eigenvalue weighted by Gasteiger charge is -2.12. The monoisotopic (exact) mass is 529 g/mol. The molecule has 0 aliphatic heterocycles. The summed E-state index contributed by atoms with van der Waals surface area (Å²) < 4.78 is 13.5. The number of carbonyl (C=O) groups excluding carboxylic acids is 1. The number of methoxy groups -OCH3 is 1. The van der Waals surface area contributed by atoms with Crippen LogP contribution in [0.5, 0.6) is 0 Å². The third-order valence-corrected chi connectivity index (χ3v) is 7.39. The molecule has 0 amide bonds. The van der Waals surface area contributed by atoms with E-state index in [0.29, 0.717) is 18.0 Å². The Balaban J connectivity index is 1.40. The van der Waals surface area contributed by atoms with Gasteiger partial charge < -0.3 is 13.7 Å². The Morgan fingerprint density at radius 2 is 1.70 bits per heavy atom. The molecule has 2 heterocycles. The summed E-state index contributed by atoms with van der Waals surface area (Å²) in [5.41, 5.74) is 10.4. The summed E-state index contributed by atoms with van der Waals surface area (Å²) in [4.78, 5) is 22.1. The van der Waals surface area contributed by atoms with Gasteiger partial charge in [-0.3, -0.25) is 0 Å². The van der Waals surface area contributed by atoms with E-state index in [9.17, 15) is 4.79 Å². The van der Waals surface area contributed by atoms with E-state index in [1.807, 2.05) is 43.3 Å². The highest BCUT2D eigenvalue weighted by atomic mass is 16.5. The third kappa shape index (κ3) is 4.56. The number of benzene rings is 4. The second-order valence-corrected chi connectivity index (χ2v) is 10.2. The minimum atomic E-state index is -0.339. The fourth-order valence-corrected chi connectivity index (χ4v) is 5.36. The molecule has 4 aromatic carbocycles. The number of hydrogen-bond acceptors (Lipinski definition) is 5. The van der Waals surface area contributed by atoms with Gasteiger partial charge in [-0.1, -0.05) is 61.5 Å². The van der Waals surface area contributed by atoms with Gasteiger partial charge in [-0.2, -0.15) is 0 Å². The van der Waals surface area contributed by atoms with Crippen LogP contribution in [0.4, 0.5) is 0 Å². The molecule has 6 nitrogen and oxygen atoms in total. The summed E-state index contributed by atoms with van der Waals surface area (Å²) in [7, 11) is 1.41. The Labute approximate surface area is 233 Å². The summed E-state index contributed by atoms with van der Waals surface area (Å²) in [5, 5.41) is 0. The number of aryl methyl sites for hydroxylation is 3. The van der Waals surface area contributed by atoms with Crippen LogP contribution in [0.3, 0.4) is 0 Å². The first kappa shape index (κ1) is 25.6. The molecule has 6 rings (SSSR count). The summed E-state index contributed by atoms with van der Waals surface area (Å²) in [6.45, 7) is 6.99. The molecule has 0 atom stereocenters. The summed E-state index contributed by atoms with van der Waals surface area (Å²) >= 11 is 0. The van der Waals surface area contributed by atoms with Crippen molar-refractivity contribution in [3.63, 3.8) is 0 Å². The number of imidazole rings is 1. The number of para-hydroxylation sites is 1. The van der Waals surface area contributed by atoms with Crippen LogP contribution in [0.15, 0.2) is 83.3 Å². The quantitative estimate of drug-likeness (QED) is 0.197. The number of ether oxygens (including phenoxy) is 1. The first-order chi connectivity index (χ1) is 19.5. The van der Waals surface area contributed by atoms with Crippen LogP contribution in [-0.4, -0.2) is 27.6 Å². The highest BCUT2D eigenvalue weighted by Gasteiger charge is 2.18. The summed E-state index contributed by atoms with van der Waals surface area (Å²) in [6, 6.07) is 26.2. The van der Waals surface area contributed by atoms with E-state index in [2.05, 4.69) is 54.8 Å². The third-order valence-electron chi connectivity index (χ3n) is 7.39. The Morgan fingerprint density at radius 3 is 2.45 bits per heavy atom. The van der Waals surface area contributed by atoms with E-state index in [-0.39, 0.29) is 5.97 Å². The number of hydrogen-bond donors (Lipinski definition) is 0. The van der Waals surface area contributed by atoms with Gasteiger partial charge in [0, 0.05) is 18.5 Å². The van der Waals surface area contributed by atoms with E-state index in [1.165, 1.54) is 7.11 Å². The Hall–Kier alpha value is -4.71. The average Bonchev–Trinajstić information content (AvgIpc) is 3.56. The van der Waals surface area contributed by atoms with Gasteiger partial charge >= 0.3 is 5.97 Å². The van der Waals surface area contributed by atoms with E-state index in [0.717, 1.165) is 74.2 Å². The summed E-state index contributed by atoms with van der Waals surface area (Å²) in [5.74, 6) is 1.34. The molecule has 6 aromatic rings. The molecule has 200 valence electrons. The topological polar surface area (TPSA) is 70.2 Å². The van der Waals surface area contributed by atoms with E-state index in [4.69, 9.17) is 19.1 Å². The van der Waals surface area contributed by atoms with E-state index >= 15 is 0 Å². The smallest absolute Gasteiger partial charge is 0.338 e. The van der Waals surface area contributed by atoms with Crippen molar-refractivity contribution < 1.29 is 13.9 Å². The molecule has 0 radical (unpaired) electrons. The summed E-state index contributed by atoms with van der Waals surface area (Å²) in [6.07, 6.45) is 1.89. The Kier molecular flexibility index (Phi) is 6.68. The van der Waals surface area contributed by atoms with Gasteiger partial charge in [0.05, 0.1) is 23.7 Å². The number of oxazole rings is 1. The first-order valence-electron chi connectivity index (χ1n) is 13.6. The maximum Gasteiger partial charge on any atom is 0.338 e. The first-order valence-corrected chi connectivity index (χ1v) is 13.6. The maximum atomic E-state index is 12.3. The van der Waals surface area contributed by atoms with E-state index in [1.54, 1.807) is 6.07 Å². The lowest BCUT2D eigenvalue weighted by molar-refractivity contribution is 0.0601. The molecule has 0 aliphatic rings. The fourth-order valence-electron chi connectivity index (χ4n) is 5.36. The molecule has 0 saturated heterocycles. The Morgan fingerprint density at radius 1 is 0.900 bits per heavy atom. The number of carbonyl (C=O) groups is 1. The predicted molar refractivity (Wildman–Crippen MR) is 159 cm³/mol. The normalized spacial score (nSPS) is 11.4. The van der Waals surface area contributed by atoms with Crippen molar-refractivity contribution in [3.8, 4) is 22.6 Å². The minimum absolute atomic E-state index is 0.339. The lowest BCUT2D eigenvalue weighted by atomic mass is 9.98. The van der Waals surface area contributed by atoms with Crippen molar-refractivity contribution in [2.75, 3.05) is 7.11 Å². The van der Waals surface area contributed by atoms with Gasteiger partial charge in [0.2, 0.25) is 5.89 Å². The van der Waals surface area contributed by atoms with Crippen LogP contribution in [0.25, 0.3) is 44.7 Å². The van der Waals surface area contributed by atoms with Gasteiger partial charge in [0.25, 0.3) is 0 Å². The largest absolute Gasteiger partial charge is 0.465 e. The minimum Gasteiger partial charge on any atom is -0.465 e. The van der Waals surface area contributed by atoms with Crippen molar-refractivity contribution in [3.05, 3.63) is 107 Å². The Bertz CT molecular complexity index is 1860. The second kappa shape index (κ2) is 10.5. The van der Waals surface area contributed by atoms with Gasteiger partial charge in [0.15, 0.2) is 5.58 Å². The van der Waals surface area contributed by atoms with Crippen LogP contribution < -0.4 is 0 Å². The molecule has 0 spiro atoms. The SMILES string of the molecule is CCCc1nc2c(C)cc(-c3nc4cccc(C)c4o3)cc2n1Cc1ccc(-c2ccccc2C(=O)OC)cc1. The number of rotatable bonds is 7. The molecule has 0 fully saturated rings. The molecule has 0 unspecified atom stereocenters.